The van der Waals surface area contributed by atoms with Gasteiger partial charge in [0.25, 0.3) is 6.43 Å². The van der Waals surface area contributed by atoms with Crippen LogP contribution >= 0.6 is 0 Å². The van der Waals surface area contributed by atoms with Gasteiger partial charge in [-0.15, -0.1) is 0 Å². The Kier molecular flexibility index (Phi) is 5.62. The Morgan fingerprint density at radius 3 is 2.73 bits per heavy atom. The lowest BCUT2D eigenvalue weighted by molar-refractivity contribution is -0.129. The highest BCUT2D eigenvalue weighted by Crippen LogP contribution is 2.44. The van der Waals surface area contributed by atoms with Gasteiger partial charge in [0.05, 0.1) is 19.9 Å². The molecule has 0 bridgehead atoms. The molecule has 1 aromatic carbocycles. The van der Waals surface area contributed by atoms with Crippen molar-refractivity contribution in [3.8, 4) is 16.9 Å². The van der Waals surface area contributed by atoms with Gasteiger partial charge in [0.1, 0.15) is 11.4 Å². The summed E-state index contributed by atoms with van der Waals surface area (Å²) < 4.78 is 38.4. The van der Waals surface area contributed by atoms with Gasteiger partial charge in [0.2, 0.25) is 5.91 Å². The summed E-state index contributed by atoms with van der Waals surface area (Å²) in [6.45, 7) is 3.37. The Labute approximate surface area is 213 Å². The Morgan fingerprint density at radius 2 is 1.97 bits per heavy atom. The van der Waals surface area contributed by atoms with E-state index < -0.39 is 6.43 Å². The highest BCUT2D eigenvalue weighted by atomic mass is 19.3. The van der Waals surface area contributed by atoms with E-state index in [0.29, 0.717) is 42.2 Å². The maximum atomic E-state index is 14.6. The third-order valence-electron chi connectivity index (χ3n) is 7.53. The van der Waals surface area contributed by atoms with Crippen molar-refractivity contribution >= 4 is 23.1 Å². The minimum Gasteiger partial charge on any atom is -0.495 e. The van der Waals surface area contributed by atoms with E-state index >= 15 is 0 Å². The van der Waals surface area contributed by atoms with Crippen molar-refractivity contribution in [3.05, 3.63) is 59.2 Å². The lowest BCUT2D eigenvalue weighted by Crippen LogP contribution is -2.35. The van der Waals surface area contributed by atoms with Crippen molar-refractivity contribution in [1.29, 1.82) is 0 Å². The fourth-order valence-corrected chi connectivity index (χ4v) is 5.66. The van der Waals surface area contributed by atoms with Gasteiger partial charge in [0, 0.05) is 73.9 Å². The number of carbonyl (C=O) groups excluding carboxylic acids is 1. The van der Waals surface area contributed by atoms with Crippen molar-refractivity contribution in [2.45, 2.75) is 39.2 Å². The molecule has 8 nitrogen and oxygen atoms in total. The number of halogens is 2. The number of alkyl halides is 2. The first-order valence-corrected chi connectivity index (χ1v) is 12.4. The molecule has 4 aromatic rings. The molecule has 2 aliphatic rings. The van der Waals surface area contributed by atoms with E-state index in [9.17, 15) is 13.6 Å². The fourth-order valence-electron chi connectivity index (χ4n) is 5.66. The number of ether oxygens (including phenoxy) is 1. The molecular weight excluding hydrogens is 478 g/mol. The molecule has 0 aliphatic carbocycles. The van der Waals surface area contributed by atoms with Crippen LogP contribution in [0.3, 0.4) is 0 Å². The number of imidazole rings is 1. The number of methoxy groups -OCH3 is 1. The number of hydrogen-bond donors (Lipinski definition) is 0. The van der Waals surface area contributed by atoms with Gasteiger partial charge < -0.3 is 18.9 Å². The summed E-state index contributed by atoms with van der Waals surface area (Å²) in [5.41, 5.74) is 5.43. The Bertz CT molecular complexity index is 1530. The normalized spacial score (nSPS) is 15.3. The van der Waals surface area contributed by atoms with E-state index in [1.807, 2.05) is 27.6 Å². The highest BCUT2D eigenvalue weighted by Gasteiger charge is 2.32. The molecule has 6 rings (SSSR count). The molecule has 192 valence electrons. The molecule has 5 heterocycles. The zero-order valence-corrected chi connectivity index (χ0v) is 21.0. The van der Waals surface area contributed by atoms with Gasteiger partial charge in [-0.3, -0.25) is 9.48 Å². The molecule has 10 heteroatoms. The van der Waals surface area contributed by atoms with E-state index in [4.69, 9.17) is 9.84 Å². The van der Waals surface area contributed by atoms with E-state index in [-0.39, 0.29) is 11.5 Å². The summed E-state index contributed by atoms with van der Waals surface area (Å²) in [6, 6.07) is 5.27. The predicted molar refractivity (Wildman–Crippen MR) is 135 cm³/mol. The largest absolute Gasteiger partial charge is 0.495 e. The molecular formula is C27H28F2N6O2. The molecule has 1 amide bonds. The third-order valence-corrected chi connectivity index (χ3v) is 7.53. The summed E-state index contributed by atoms with van der Waals surface area (Å²) in [5.74, 6) is 1.27. The Balaban J connectivity index is 1.50. The average Bonchev–Trinajstić information content (AvgIpc) is 3.49. The van der Waals surface area contributed by atoms with E-state index in [1.54, 1.807) is 49.2 Å². The maximum absolute atomic E-state index is 14.6. The number of rotatable bonds is 4. The van der Waals surface area contributed by atoms with Crippen molar-refractivity contribution < 1.29 is 18.3 Å². The Hall–Kier alpha value is -3.95. The van der Waals surface area contributed by atoms with E-state index in [2.05, 4.69) is 4.98 Å². The van der Waals surface area contributed by atoms with Gasteiger partial charge >= 0.3 is 0 Å². The molecule has 0 spiro atoms. The first-order valence-electron chi connectivity index (χ1n) is 12.4. The second-order valence-corrected chi connectivity index (χ2v) is 9.64. The smallest absolute Gasteiger partial charge is 0.264 e. The second-order valence-electron chi connectivity index (χ2n) is 9.64. The molecule has 0 atom stereocenters. The van der Waals surface area contributed by atoms with E-state index in [1.165, 1.54) is 0 Å². The molecule has 0 fully saturated rings. The summed E-state index contributed by atoms with van der Waals surface area (Å²) in [6.07, 6.45) is 4.88. The quantitative estimate of drug-likeness (QED) is 0.403. The summed E-state index contributed by atoms with van der Waals surface area (Å²) in [7, 11) is 3.45. The summed E-state index contributed by atoms with van der Waals surface area (Å²) >= 11 is 0. The third kappa shape index (κ3) is 3.82. The van der Waals surface area contributed by atoms with Crippen LogP contribution in [0.15, 0.2) is 36.8 Å². The van der Waals surface area contributed by atoms with Gasteiger partial charge in [-0.2, -0.15) is 5.10 Å². The number of hydrogen-bond acceptors (Lipinski definition) is 5. The fraction of sp³-hybridized carbons (Fsp3) is 0.370. The topological polar surface area (TPSA) is 67.9 Å². The lowest BCUT2D eigenvalue weighted by atomic mass is 9.91. The number of aromatic nitrogens is 4. The summed E-state index contributed by atoms with van der Waals surface area (Å²) in [4.78, 5) is 20.3. The minimum absolute atomic E-state index is 0.0208. The number of aryl methyl sites for hydroxylation is 2. The first-order chi connectivity index (χ1) is 17.9. The molecule has 0 radical (unpaired) electrons. The molecule has 0 saturated heterocycles. The molecule has 0 unspecified atom stereocenters. The zero-order valence-electron chi connectivity index (χ0n) is 21.0. The molecule has 0 N–H and O–H groups in total. The Morgan fingerprint density at radius 1 is 1.14 bits per heavy atom. The van der Waals surface area contributed by atoms with Crippen LogP contribution in [0, 0.1) is 0 Å². The molecule has 3 aromatic heterocycles. The van der Waals surface area contributed by atoms with Crippen LogP contribution in [0.4, 0.5) is 20.3 Å². The van der Waals surface area contributed by atoms with Gasteiger partial charge in [-0.05, 0) is 42.2 Å². The van der Waals surface area contributed by atoms with Crippen LogP contribution in [0.25, 0.3) is 16.8 Å². The van der Waals surface area contributed by atoms with Crippen LogP contribution in [-0.4, -0.2) is 50.2 Å². The van der Waals surface area contributed by atoms with Crippen LogP contribution in [0.2, 0.25) is 0 Å². The standard InChI is InChI=1S/C27H28F2N6O2/c1-16(36)33-9-6-22-21(14-33)27(31-32(22)2)35-8-4-5-17-11-18(20(26(28)29)12-23(17)35)19-13-25-30-7-10-34(25)15-24(19)37-3/h7,10-13,15,26H,4-6,8-9,14H2,1-3H3. The highest BCUT2D eigenvalue weighted by molar-refractivity contribution is 5.81. The van der Waals surface area contributed by atoms with E-state index in [0.717, 1.165) is 47.6 Å². The number of fused-ring (bicyclic) bond motifs is 3. The molecule has 2 aliphatic heterocycles. The molecule has 0 saturated carbocycles. The lowest BCUT2D eigenvalue weighted by Gasteiger charge is -2.33. The number of anilines is 2. The number of carbonyl (C=O) groups is 1. The van der Waals surface area contributed by atoms with Crippen molar-refractivity contribution in [1.82, 2.24) is 24.1 Å². The van der Waals surface area contributed by atoms with Crippen molar-refractivity contribution in [2.24, 2.45) is 7.05 Å². The number of pyridine rings is 1. The van der Waals surface area contributed by atoms with Crippen LogP contribution < -0.4 is 9.64 Å². The first kappa shape index (κ1) is 23.4. The summed E-state index contributed by atoms with van der Waals surface area (Å²) in [5, 5.41) is 4.81. The average molecular weight is 507 g/mol. The van der Waals surface area contributed by atoms with Gasteiger partial charge in [0.15, 0.2) is 5.82 Å². The SMILES string of the molecule is COc1cn2ccnc2cc1-c1cc2c(cc1C(F)F)N(c1nn(C)c3c1CN(C(C)=O)CC3)CCC2. The second kappa shape index (κ2) is 8.86. The predicted octanol–water partition coefficient (Wildman–Crippen LogP) is 4.67. The monoisotopic (exact) mass is 506 g/mol. The number of amides is 1. The van der Waals surface area contributed by atoms with Crippen molar-refractivity contribution in [2.75, 3.05) is 25.1 Å². The van der Waals surface area contributed by atoms with Crippen molar-refractivity contribution in [3.63, 3.8) is 0 Å². The maximum Gasteiger partial charge on any atom is 0.264 e. The van der Waals surface area contributed by atoms with Crippen LogP contribution in [0.1, 0.15) is 42.2 Å². The van der Waals surface area contributed by atoms with Gasteiger partial charge in [-0.1, -0.05) is 0 Å². The molecule has 37 heavy (non-hydrogen) atoms. The van der Waals surface area contributed by atoms with Crippen LogP contribution in [0.5, 0.6) is 5.75 Å². The zero-order chi connectivity index (χ0) is 25.8. The minimum atomic E-state index is -2.68. The van der Waals surface area contributed by atoms with Gasteiger partial charge in [-0.25, -0.2) is 13.8 Å². The van der Waals surface area contributed by atoms with Crippen LogP contribution in [-0.2, 0) is 31.2 Å². The number of nitrogens with zero attached hydrogens (tertiary/aromatic N) is 6. The number of benzene rings is 1.